The van der Waals surface area contributed by atoms with Gasteiger partial charge in [0.25, 0.3) is 5.91 Å². The standard InChI is InChI=1S/C15H21N3O2/c1-3-7-16-15(20)12-4-5-14(17-9-12)18-8-6-11(2)13(19)10-18/h3-5,9,11,13,19H,1,6-8,10H2,2H3,(H,16,20). The summed E-state index contributed by atoms with van der Waals surface area (Å²) in [6.45, 7) is 7.53. The van der Waals surface area contributed by atoms with Gasteiger partial charge in [-0.25, -0.2) is 4.98 Å². The van der Waals surface area contributed by atoms with Crippen LogP contribution in [0.1, 0.15) is 23.7 Å². The molecular weight excluding hydrogens is 254 g/mol. The van der Waals surface area contributed by atoms with Gasteiger partial charge < -0.3 is 15.3 Å². The largest absolute Gasteiger partial charge is 0.391 e. The lowest BCUT2D eigenvalue weighted by Gasteiger charge is -2.35. The molecule has 2 unspecified atom stereocenters. The van der Waals surface area contributed by atoms with Gasteiger partial charge in [-0.15, -0.1) is 6.58 Å². The fourth-order valence-corrected chi connectivity index (χ4v) is 2.23. The number of nitrogens with zero attached hydrogens (tertiary/aromatic N) is 2. The van der Waals surface area contributed by atoms with Crippen LogP contribution in [-0.2, 0) is 0 Å². The topological polar surface area (TPSA) is 65.5 Å². The first-order valence-corrected chi connectivity index (χ1v) is 6.90. The lowest BCUT2D eigenvalue weighted by atomic mass is 9.96. The molecule has 1 amide bonds. The molecule has 0 radical (unpaired) electrons. The average Bonchev–Trinajstić information content (AvgIpc) is 2.48. The van der Waals surface area contributed by atoms with Crippen LogP contribution < -0.4 is 10.2 Å². The van der Waals surface area contributed by atoms with Gasteiger partial charge in [0.15, 0.2) is 0 Å². The number of rotatable bonds is 4. The number of carbonyl (C=O) groups is 1. The maximum atomic E-state index is 11.7. The quantitative estimate of drug-likeness (QED) is 0.811. The summed E-state index contributed by atoms with van der Waals surface area (Å²) in [7, 11) is 0. The van der Waals surface area contributed by atoms with E-state index in [9.17, 15) is 9.90 Å². The zero-order valence-corrected chi connectivity index (χ0v) is 11.7. The number of anilines is 1. The molecule has 1 aromatic rings. The number of aromatic nitrogens is 1. The van der Waals surface area contributed by atoms with E-state index in [1.807, 2.05) is 6.07 Å². The molecule has 0 aromatic carbocycles. The van der Waals surface area contributed by atoms with Crippen molar-refractivity contribution in [2.45, 2.75) is 19.4 Å². The van der Waals surface area contributed by atoms with Crippen LogP contribution in [-0.4, -0.2) is 41.7 Å². The molecule has 1 saturated heterocycles. The first-order valence-electron chi connectivity index (χ1n) is 6.90. The zero-order chi connectivity index (χ0) is 14.5. The Balaban J connectivity index is 2.01. The number of nitrogens with one attached hydrogen (secondary N) is 1. The highest BCUT2D eigenvalue weighted by atomic mass is 16.3. The van der Waals surface area contributed by atoms with Crippen LogP contribution in [0.2, 0.25) is 0 Å². The second-order valence-corrected chi connectivity index (χ2v) is 5.18. The number of hydrogen-bond donors (Lipinski definition) is 2. The number of carbonyl (C=O) groups excluding carboxylic acids is 1. The smallest absolute Gasteiger partial charge is 0.253 e. The van der Waals surface area contributed by atoms with Gasteiger partial charge in [0.05, 0.1) is 11.7 Å². The summed E-state index contributed by atoms with van der Waals surface area (Å²) in [6.07, 6.45) is 3.83. The number of pyridine rings is 1. The van der Waals surface area contributed by atoms with Crippen LogP contribution in [0, 0.1) is 5.92 Å². The number of aliphatic hydroxyl groups is 1. The second kappa shape index (κ2) is 6.52. The minimum absolute atomic E-state index is 0.156. The molecule has 0 aliphatic carbocycles. The SMILES string of the molecule is C=CCNC(=O)c1ccc(N2CCC(C)C(O)C2)nc1. The third-order valence-corrected chi connectivity index (χ3v) is 3.66. The molecule has 0 saturated carbocycles. The molecule has 2 atom stereocenters. The van der Waals surface area contributed by atoms with E-state index >= 15 is 0 Å². The van der Waals surface area contributed by atoms with E-state index in [1.165, 1.54) is 0 Å². The van der Waals surface area contributed by atoms with Crippen molar-refractivity contribution in [1.82, 2.24) is 10.3 Å². The van der Waals surface area contributed by atoms with E-state index < -0.39 is 0 Å². The molecule has 2 rings (SSSR count). The number of hydrogen-bond acceptors (Lipinski definition) is 4. The third kappa shape index (κ3) is 3.36. The number of piperidine rings is 1. The Morgan fingerprint density at radius 1 is 1.65 bits per heavy atom. The Bertz CT molecular complexity index is 473. The predicted molar refractivity (Wildman–Crippen MR) is 78.8 cm³/mol. The zero-order valence-electron chi connectivity index (χ0n) is 11.7. The van der Waals surface area contributed by atoms with Crippen LogP contribution in [0.4, 0.5) is 5.82 Å². The number of β-amino-alcohol motifs (C(OH)–C–C–N with tert-alkyl or cyclic N) is 1. The Morgan fingerprint density at radius 3 is 3.05 bits per heavy atom. The van der Waals surface area contributed by atoms with Gasteiger partial charge in [-0.05, 0) is 24.5 Å². The molecule has 2 heterocycles. The Morgan fingerprint density at radius 2 is 2.45 bits per heavy atom. The highest BCUT2D eigenvalue weighted by Gasteiger charge is 2.24. The molecule has 5 nitrogen and oxygen atoms in total. The maximum Gasteiger partial charge on any atom is 0.253 e. The summed E-state index contributed by atoms with van der Waals surface area (Å²) in [5, 5.41) is 12.6. The second-order valence-electron chi connectivity index (χ2n) is 5.18. The fourth-order valence-electron chi connectivity index (χ4n) is 2.23. The third-order valence-electron chi connectivity index (χ3n) is 3.66. The number of amides is 1. The summed E-state index contributed by atoms with van der Waals surface area (Å²) in [5.74, 6) is 0.975. The average molecular weight is 275 g/mol. The van der Waals surface area contributed by atoms with Crippen LogP contribution in [0.25, 0.3) is 0 Å². The van der Waals surface area contributed by atoms with Gasteiger partial charge in [-0.1, -0.05) is 13.0 Å². The summed E-state index contributed by atoms with van der Waals surface area (Å²) < 4.78 is 0. The van der Waals surface area contributed by atoms with E-state index in [-0.39, 0.29) is 12.0 Å². The molecule has 1 aliphatic heterocycles. The van der Waals surface area contributed by atoms with Crippen LogP contribution in [0.3, 0.4) is 0 Å². The van der Waals surface area contributed by atoms with E-state index in [2.05, 4.69) is 28.7 Å². The highest BCUT2D eigenvalue weighted by molar-refractivity contribution is 5.94. The molecule has 20 heavy (non-hydrogen) atoms. The highest BCUT2D eigenvalue weighted by Crippen LogP contribution is 2.21. The van der Waals surface area contributed by atoms with Crippen molar-refractivity contribution < 1.29 is 9.90 Å². The molecule has 2 N–H and O–H groups in total. The number of aliphatic hydroxyl groups excluding tert-OH is 1. The van der Waals surface area contributed by atoms with Gasteiger partial charge in [-0.2, -0.15) is 0 Å². The van der Waals surface area contributed by atoms with Crippen molar-refractivity contribution in [1.29, 1.82) is 0 Å². The Labute approximate surface area is 119 Å². The summed E-state index contributed by atoms with van der Waals surface area (Å²) in [6, 6.07) is 3.58. The monoisotopic (exact) mass is 275 g/mol. The van der Waals surface area contributed by atoms with Crippen molar-refractivity contribution >= 4 is 11.7 Å². The van der Waals surface area contributed by atoms with Gasteiger partial charge in [0, 0.05) is 25.8 Å². The molecule has 5 heteroatoms. The summed E-state index contributed by atoms with van der Waals surface area (Å²) in [4.78, 5) is 18.1. The van der Waals surface area contributed by atoms with Crippen LogP contribution in [0.15, 0.2) is 31.0 Å². The lowest BCUT2D eigenvalue weighted by molar-refractivity contribution is 0.0957. The normalized spacial score (nSPS) is 22.4. The molecule has 0 bridgehead atoms. The van der Waals surface area contributed by atoms with Gasteiger partial charge in [0.1, 0.15) is 5.82 Å². The first kappa shape index (κ1) is 14.5. The first-order chi connectivity index (χ1) is 9.61. The minimum atomic E-state index is -0.318. The summed E-state index contributed by atoms with van der Waals surface area (Å²) >= 11 is 0. The van der Waals surface area contributed by atoms with Crippen molar-refractivity contribution in [2.75, 3.05) is 24.5 Å². The molecule has 108 valence electrons. The van der Waals surface area contributed by atoms with Crippen LogP contribution in [0.5, 0.6) is 0 Å². The van der Waals surface area contributed by atoms with E-state index in [0.29, 0.717) is 24.6 Å². The van der Waals surface area contributed by atoms with Crippen LogP contribution >= 0.6 is 0 Å². The lowest BCUT2D eigenvalue weighted by Crippen LogP contribution is -2.43. The predicted octanol–water partition coefficient (Wildman–Crippen LogP) is 1.20. The van der Waals surface area contributed by atoms with E-state index in [4.69, 9.17) is 0 Å². The Kier molecular flexibility index (Phi) is 4.74. The Hall–Kier alpha value is -1.88. The van der Waals surface area contributed by atoms with Gasteiger partial charge in [0.2, 0.25) is 0 Å². The molecule has 0 spiro atoms. The van der Waals surface area contributed by atoms with Gasteiger partial charge >= 0.3 is 0 Å². The van der Waals surface area contributed by atoms with Crippen molar-refractivity contribution in [3.8, 4) is 0 Å². The van der Waals surface area contributed by atoms with Crippen molar-refractivity contribution in [3.63, 3.8) is 0 Å². The van der Waals surface area contributed by atoms with Crippen molar-refractivity contribution in [2.24, 2.45) is 5.92 Å². The molecule has 1 aromatic heterocycles. The molecule has 1 aliphatic rings. The van der Waals surface area contributed by atoms with Crippen molar-refractivity contribution in [3.05, 3.63) is 36.5 Å². The van der Waals surface area contributed by atoms with Gasteiger partial charge in [-0.3, -0.25) is 4.79 Å². The summed E-state index contributed by atoms with van der Waals surface area (Å²) in [5.41, 5.74) is 0.529. The van der Waals surface area contributed by atoms with E-state index in [0.717, 1.165) is 18.8 Å². The molecular formula is C15H21N3O2. The van der Waals surface area contributed by atoms with E-state index in [1.54, 1.807) is 18.3 Å². The fraction of sp³-hybridized carbons (Fsp3) is 0.467. The molecule has 1 fully saturated rings. The maximum absolute atomic E-state index is 11.7. The minimum Gasteiger partial charge on any atom is -0.391 e.